The molecule has 1 saturated carbocycles. The van der Waals surface area contributed by atoms with Crippen molar-refractivity contribution in [3.8, 4) is 0 Å². The van der Waals surface area contributed by atoms with Gasteiger partial charge in [-0.3, -0.25) is 0 Å². The van der Waals surface area contributed by atoms with Crippen LogP contribution in [0.1, 0.15) is 29.4 Å². The fourth-order valence-corrected chi connectivity index (χ4v) is 3.49. The first kappa shape index (κ1) is 11.5. The molecule has 0 bridgehead atoms. The molecular weight excluding hydrogens is 298 g/mol. The number of hydrogen-bond donors (Lipinski definition) is 1. The van der Waals surface area contributed by atoms with E-state index in [0.29, 0.717) is 5.92 Å². The first-order valence-electron chi connectivity index (χ1n) is 5.79. The Bertz CT molecular complexity index is 515. The van der Waals surface area contributed by atoms with Gasteiger partial charge in [0.1, 0.15) is 0 Å². The lowest BCUT2D eigenvalue weighted by atomic mass is 10.1. The largest absolute Gasteiger partial charge is 0.388 e. The van der Waals surface area contributed by atoms with E-state index in [-0.39, 0.29) is 6.10 Å². The zero-order valence-electron chi connectivity index (χ0n) is 9.34. The highest BCUT2D eigenvalue weighted by atomic mass is 79.9. The van der Waals surface area contributed by atoms with E-state index < -0.39 is 0 Å². The van der Waals surface area contributed by atoms with E-state index in [4.69, 9.17) is 0 Å². The van der Waals surface area contributed by atoms with Gasteiger partial charge in [0.15, 0.2) is 0 Å². The van der Waals surface area contributed by atoms with E-state index in [2.05, 4.69) is 44.3 Å². The van der Waals surface area contributed by atoms with Crippen LogP contribution in [0.2, 0.25) is 0 Å². The smallest absolute Gasteiger partial charge is 0.0832 e. The van der Waals surface area contributed by atoms with Crippen molar-refractivity contribution in [1.82, 2.24) is 4.57 Å². The highest BCUT2D eigenvalue weighted by Gasteiger charge is 2.31. The Morgan fingerprint density at radius 2 is 2.35 bits per heavy atom. The molecule has 1 aliphatic carbocycles. The lowest BCUT2D eigenvalue weighted by Crippen LogP contribution is -1.98. The zero-order chi connectivity index (χ0) is 11.8. The van der Waals surface area contributed by atoms with E-state index in [9.17, 15) is 5.11 Å². The van der Waals surface area contributed by atoms with E-state index >= 15 is 0 Å². The van der Waals surface area contributed by atoms with Crippen molar-refractivity contribution >= 4 is 27.3 Å². The van der Waals surface area contributed by atoms with Crippen molar-refractivity contribution in [3.63, 3.8) is 0 Å². The number of halogens is 1. The predicted molar refractivity (Wildman–Crippen MR) is 73.2 cm³/mol. The van der Waals surface area contributed by atoms with Crippen LogP contribution in [0.4, 0.5) is 0 Å². The van der Waals surface area contributed by atoms with E-state index in [1.54, 1.807) is 11.3 Å². The molecule has 0 radical (unpaired) electrons. The minimum absolute atomic E-state index is 0.258. The summed E-state index contributed by atoms with van der Waals surface area (Å²) in [6, 6.07) is 4.17. The molecule has 2 aromatic heterocycles. The fraction of sp³-hybridized carbons (Fsp3) is 0.385. The van der Waals surface area contributed by atoms with Crippen molar-refractivity contribution in [1.29, 1.82) is 0 Å². The van der Waals surface area contributed by atoms with Crippen molar-refractivity contribution in [2.75, 3.05) is 0 Å². The summed E-state index contributed by atoms with van der Waals surface area (Å²) in [4.78, 5) is 1.32. The van der Waals surface area contributed by atoms with Crippen LogP contribution >= 0.6 is 27.3 Å². The summed E-state index contributed by atoms with van der Waals surface area (Å²) in [7, 11) is 0. The third-order valence-electron chi connectivity index (χ3n) is 3.14. The van der Waals surface area contributed by atoms with Gasteiger partial charge >= 0.3 is 0 Å². The van der Waals surface area contributed by atoms with Crippen molar-refractivity contribution in [2.24, 2.45) is 5.92 Å². The Morgan fingerprint density at radius 1 is 1.53 bits per heavy atom. The standard InChI is InChI=1S/C13H14BrNOS/c14-11-5-12(17-8-11)7-15-4-3-10(6-15)13(16)9-1-2-9/h3-6,8-9,13,16H,1-2,7H2. The molecule has 4 heteroatoms. The molecule has 17 heavy (non-hydrogen) atoms. The normalized spacial score (nSPS) is 17.3. The SMILES string of the molecule is OC(c1ccn(Cc2cc(Br)cs2)c1)C1CC1. The Balaban J connectivity index is 1.71. The van der Waals surface area contributed by atoms with Gasteiger partial charge in [-0.25, -0.2) is 0 Å². The van der Waals surface area contributed by atoms with Gasteiger partial charge in [-0.05, 0) is 52.4 Å². The Labute approximate surface area is 113 Å². The first-order chi connectivity index (χ1) is 8.22. The van der Waals surface area contributed by atoms with Gasteiger partial charge in [-0.2, -0.15) is 0 Å². The third kappa shape index (κ3) is 2.64. The maximum atomic E-state index is 10.0. The van der Waals surface area contributed by atoms with Crippen molar-refractivity contribution in [2.45, 2.75) is 25.5 Å². The molecular formula is C13H14BrNOS. The molecule has 2 nitrogen and oxygen atoms in total. The second-order valence-electron chi connectivity index (χ2n) is 4.63. The van der Waals surface area contributed by atoms with E-state index in [1.165, 1.54) is 17.7 Å². The van der Waals surface area contributed by atoms with Crippen LogP contribution < -0.4 is 0 Å². The number of aliphatic hydroxyl groups is 1. The zero-order valence-corrected chi connectivity index (χ0v) is 11.7. The molecule has 90 valence electrons. The summed E-state index contributed by atoms with van der Waals surface area (Å²) >= 11 is 5.21. The van der Waals surface area contributed by atoms with Crippen molar-refractivity contribution < 1.29 is 5.11 Å². The summed E-state index contributed by atoms with van der Waals surface area (Å²) < 4.78 is 3.28. The van der Waals surface area contributed by atoms with Gasteiger partial charge < -0.3 is 9.67 Å². The molecule has 2 aromatic rings. The highest BCUT2D eigenvalue weighted by Crippen LogP contribution is 2.40. The molecule has 0 saturated heterocycles. The maximum Gasteiger partial charge on any atom is 0.0832 e. The number of hydrogen-bond acceptors (Lipinski definition) is 2. The predicted octanol–water partition coefficient (Wildman–Crippen LogP) is 3.80. The molecule has 1 fully saturated rings. The molecule has 1 atom stereocenters. The van der Waals surface area contributed by atoms with E-state index in [0.717, 1.165) is 16.6 Å². The van der Waals surface area contributed by atoms with Crippen LogP contribution in [-0.4, -0.2) is 9.67 Å². The quantitative estimate of drug-likeness (QED) is 0.912. The molecule has 1 N–H and O–H groups in total. The number of aliphatic hydroxyl groups excluding tert-OH is 1. The number of nitrogens with zero attached hydrogens (tertiary/aromatic N) is 1. The molecule has 3 rings (SSSR count). The average Bonchev–Trinajstić information content (AvgIpc) is 2.93. The Morgan fingerprint density at radius 3 is 3.00 bits per heavy atom. The molecule has 0 spiro atoms. The third-order valence-corrected chi connectivity index (χ3v) is 4.83. The van der Waals surface area contributed by atoms with Gasteiger partial charge in [-0.15, -0.1) is 11.3 Å². The Hall–Kier alpha value is -0.580. The van der Waals surface area contributed by atoms with Crippen molar-refractivity contribution in [3.05, 3.63) is 44.8 Å². The van der Waals surface area contributed by atoms with Gasteiger partial charge in [0.2, 0.25) is 0 Å². The first-order valence-corrected chi connectivity index (χ1v) is 7.46. The van der Waals surface area contributed by atoms with Crippen LogP contribution in [0.5, 0.6) is 0 Å². The second kappa shape index (κ2) is 4.59. The maximum absolute atomic E-state index is 10.0. The van der Waals surface area contributed by atoms with Crippen LogP contribution in [0, 0.1) is 5.92 Å². The van der Waals surface area contributed by atoms with E-state index in [1.807, 2.05) is 6.07 Å². The average molecular weight is 312 g/mol. The van der Waals surface area contributed by atoms with Crippen LogP contribution in [0.15, 0.2) is 34.4 Å². The molecule has 0 amide bonds. The highest BCUT2D eigenvalue weighted by molar-refractivity contribution is 9.10. The molecule has 0 aliphatic heterocycles. The monoisotopic (exact) mass is 311 g/mol. The minimum Gasteiger partial charge on any atom is -0.388 e. The summed E-state index contributed by atoms with van der Waals surface area (Å²) in [5.41, 5.74) is 1.06. The van der Waals surface area contributed by atoms with Gasteiger partial charge in [-0.1, -0.05) is 0 Å². The fourth-order valence-electron chi connectivity index (χ4n) is 2.03. The summed E-state index contributed by atoms with van der Waals surface area (Å²) in [6.07, 6.45) is 6.20. The number of thiophene rings is 1. The summed E-state index contributed by atoms with van der Waals surface area (Å²) in [5.74, 6) is 0.502. The summed E-state index contributed by atoms with van der Waals surface area (Å²) in [6.45, 7) is 0.883. The number of aromatic nitrogens is 1. The molecule has 2 heterocycles. The molecule has 1 aliphatic rings. The minimum atomic E-state index is -0.258. The molecule has 0 aromatic carbocycles. The number of rotatable bonds is 4. The lowest BCUT2D eigenvalue weighted by Gasteiger charge is -2.05. The Kier molecular flexibility index (Phi) is 3.11. The second-order valence-corrected chi connectivity index (χ2v) is 6.54. The topological polar surface area (TPSA) is 25.2 Å². The van der Waals surface area contributed by atoms with Crippen LogP contribution in [-0.2, 0) is 6.54 Å². The summed E-state index contributed by atoms with van der Waals surface area (Å²) in [5, 5.41) is 12.1. The lowest BCUT2D eigenvalue weighted by molar-refractivity contribution is 0.154. The van der Waals surface area contributed by atoms with Crippen LogP contribution in [0.3, 0.4) is 0 Å². The van der Waals surface area contributed by atoms with Crippen LogP contribution in [0.25, 0.3) is 0 Å². The molecule has 1 unspecified atom stereocenters. The van der Waals surface area contributed by atoms with Gasteiger partial charge in [0.25, 0.3) is 0 Å². The van der Waals surface area contributed by atoms with Gasteiger partial charge in [0, 0.05) is 27.1 Å². The van der Waals surface area contributed by atoms with Gasteiger partial charge in [0.05, 0.1) is 12.6 Å².